The maximum absolute atomic E-state index is 11.6. The van der Waals surface area contributed by atoms with E-state index in [9.17, 15) is 9.90 Å². The maximum Gasteiger partial charge on any atom is 0.339 e. The third-order valence-corrected chi connectivity index (χ3v) is 2.68. The number of carboxylic acid groups (broad SMARTS) is 1. The Morgan fingerprint density at radius 2 is 1.48 bits per heavy atom. The van der Waals surface area contributed by atoms with Crippen molar-refractivity contribution < 1.29 is 28.8 Å². The Kier molecular flexibility index (Phi) is 7.00. The minimum absolute atomic E-state index is 0.0127. The van der Waals surface area contributed by atoms with Crippen molar-refractivity contribution in [3.63, 3.8) is 0 Å². The lowest BCUT2D eigenvalue weighted by Gasteiger charge is -2.22. The first-order valence-electron chi connectivity index (χ1n) is 7.84. The summed E-state index contributed by atoms with van der Waals surface area (Å²) in [7, 11) is 0. The van der Waals surface area contributed by atoms with E-state index in [-0.39, 0.29) is 29.3 Å². The van der Waals surface area contributed by atoms with Gasteiger partial charge in [0.15, 0.2) is 11.5 Å². The second-order valence-electron chi connectivity index (χ2n) is 5.41. The molecule has 0 aromatic heterocycles. The fourth-order valence-corrected chi connectivity index (χ4v) is 2.01. The molecule has 0 bridgehead atoms. The monoisotopic (exact) mass is 326 g/mol. The molecule has 0 atom stereocenters. The van der Waals surface area contributed by atoms with Gasteiger partial charge >= 0.3 is 5.97 Å². The average Bonchev–Trinajstić information content (AvgIpc) is 2.43. The Balaban J connectivity index is 3.63. The van der Waals surface area contributed by atoms with E-state index in [2.05, 4.69) is 0 Å². The molecule has 0 aliphatic carbocycles. The van der Waals surface area contributed by atoms with E-state index in [1.807, 2.05) is 41.5 Å². The van der Waals surface area contributed by atoms with Crippen molar-refractivity contribution in [2.45, 2.75) is 53.8 Å². The smallest absolute Gasteiger partial charge is 0.339 e. The first-order chi connectivity index (χ1) is 10.8. The summed E-state index contributed by atoms with van der Waals surface area (Å²) in [4.78, 5) is 11.6. The highest BCUT2D eigenvalue weighted by atomic mass is 16.6. The van der Waals surface area contributed by atoms with Crippen LogP contribution < -0.4 is 18.9 Å². The van der Waals surface area contributed by atoms with Gasteiger partial charge in [-0.25, -0.2) is 4.79 Å². The molecule has 1 aromatic rings. The Morgan fingerprint density at radius 1 is 0.957 bits per heavy atom. The predicted octanol–water partition coefficient (Wildman–Crippen LogP) is 3.76. The molecule has 0 amide bonds. The Bertz CT molecular complexity index is 536. The maximum atomic E-state index is 11.6. The molecule has 0 saturated heterocycles. The second kappa shape index (κ2) is 8.50. The van der Waals surface area contributed by atoms with Crippen LogP contribution in [0.25, 0.3) is 0 Å². The van der Waals surface area contributed by atoms with Gasteiger partial charge in [-0.1, -0.05) is 0 Å². The van der Waals surface area contributed by atoms with Gasteiger partial charge in [0.25, 0.3) is 0 Å². The molecule has 0 radical (unpaired) electrons. The van der Waals surface area contributed by atoms with Crippen molar-refractivity contribution in [3.8, 4) is 23.0 Å². The lowest BCUT2D eigenvalue weighted by atomic mass is 10.1. The quantitative estimate of drug-likeness (QED) is 0.745. The van der Waals surface area contributed by atoms with Crippen LogP contribution in [0.3, 0.4) is 0 Å². The van der Waals surface area contributed by atoms with E-state index in [0.29, 0.717) is 24.7 Å². The van der Waals surface area contributed by atoms with Crippen LogP contribution in [0, 0.1) is 0 Å². The summed E-state index contributed by atoms with van der Waals surface area (Å²) in [6, 6.07) is 1.42. The molecule has 0 heterocycles. The normalized spacial score (nSPS) is 10.8. The van der Waals surface area contributed by atoms with E-state index in [0.717, 1.165) is 0 Å². The topological polar surface area (TPSA) is 74.2 Å². The Morgan fingerprint density at radius 3 is 1.91 bits per heavy atom. The van der Waals surface area contributed by atoms with Crippen LogP contribution in [0.1, 0.15) is 51.9 Å². The first-order valence-corrected chi connectivity index (χ1v) is 7.84. The van der Waals surface area contributed by atoms with Gasteiger partial charge in [0.1, 0.15) is 5.56 Å². The predicted molar refractivity (Wildman–Crippen MR) is 87.3 cm³/mol. The summed E-state index contributed by atoms with van der Waals surface area (Å²) in [6.07, 6.45) is -0.346. The summed E-state index contributed by atoms with van der Waals surface area (Å²) in [5.74, 6) is 0.00766. The van der Waals surface area contributed by atoms with Gasteiger partial charge in [-0.3, -0.25) is 0 Å². The molecule has 0 unspecified atom stereocenters. The Hall–Kier alpha value is -2.11. The minimum Gasteiger partial charge on any atom is -0.487 e. The molecule has 1 rings (SSSR count). The molecule has 130 valence electrons. The van der Waals surface area contributed by atoms with Gasteiger partial charge < -0.3 is 24.1 Å². The van der Waals surface area contributed by atoms with Crippen LogP contribution in [0.2, 0.25) is 0 Å². The zero-order valence-corrected chi connectivity index (χ0v) is 14.6. The number of ether oxygens (including phenoxy) is 4. The van der Waals surface area contributed by atoms with E-state index >= 15 is 0 Å². The molecule has 0 aliphatic heterocycles. The number of hydrogen-bond donors (Lipinski definition) is 1. The number of aromatic carboxylic acids is 1. The van der Waals surface area contributed by atoms with Crippen molar-refractivity contribution in [2.24, 2.45) is 0 Å². The molecule has 1 N–H and O–H groups in total. The van der Waals surface area contributed by atoms with Crippen LogP contribution in [0.15, 0.2) is 6.07 Å². The minimum atomic E-state index is -1.11. The molecule has 6 nitrogen and oxygen atoms in total. The number of carboxylic acids is 1. The molecular weight excluding hydrogens is 300 g/mol. The molecule has 0 saturated carbocycles. The number of rotatable bonds is 9. The molecule has 6 heteroatoms. The van der Waals surface area contributed by atoms with Gasteiger partial charge in [-0.15, -0.1) is 0 Å². The number of hydrogen-bond acceptors (Lipinski definition) is 5. The van der Waals surface area contributed by atoms with Gasteiger partial charge in [0.2, 0.25) is 11.5 Å². The lowest BCUT2D eigenvalue weighted by Crippen LogP contribution is -2.15. The third kappa shape index (κ3) is 4.94. The lowest BCUT2D eigenvalue weighted by molar-refractivity contribution is 0.0687. The molecule has 23 heavy (non-hydrogen) atoms. The zero-order valence-electron chi connectivity index (χ0n) is 14.6. The largest absolute Gasteiger partial charge is 0.487 e. The molecular formula is C17H26O6. The van der Waals surface area contributed by atoms with Crippen molar-refractivity contribution in [1.82, 2.24) is 0 Å². The number of benzene rings is 1. The Labute approximate surface area is 137 Å². The van der Waals surface area contributed by atoms with Crippen molar-refractivity contribution in [3.05, 3.63) is 11.6 Å². The molecule has 0 aliphatic rings. The van der Waals surface area contributed by atoms with Gasteiger partial charge in [-0.05, 0) is 41.5 Å². The summed E-state index contributed by atoms with van der Waals surface area (Å²) < 4.78 is 22.7. The van der Waals surface area contributed by atoms with Crippen molar-refractivity contribution in [2.75, 3.05) is 13.2 Å². The summed E-state index contributed by atoms with van der Waals surface area (Å²) >= 11 is 0. The molecule has 1 aromatic carbocycles. The fourth-order valence-electron chi connectivity index (χ4n) is 2.01. The van der Waals surface area contributed by atoms with Gasteiger partial charge in [0.05, 0.1) is 25.4 Å². The molecule has 0 spiro atoms. The molecule has 0 fully saturated rings. The standard InChI is InChI=1S/C17H26O6/c1-7-20-15-13(22-10(3)4)9-12(17(18)19)14(23-11(5)6)16(15)21-8-2/h9-11H,7-8H2,1-6H3,(H,18,19). The van der Waals surface area contributed by atoms with Crippen LogP contribution >= 0.6 is 0 Å². The SMILES string of the molecule is CCOc1c(OC(C)C)cc(C(=O)O)c(OC(C)C)c1OCC. The first kappa shape index (κ1) is 18.9. The van der Waals surface area contributed by atoms with Gasteiger partial charge in [0, 0.05) is 6.07 Å². The van der Waals surface area contributed by atoms with Crippen molar-refractivity contribution in [1.29, 1.82) is 0 Å². The van der Waals surface area contributed by atoms with E-state index in [1.165, 1.54) is 6.07 Å². The third-order valence-electron chi connectivity index (χ3n) is 2.68. The van der Waals surface area contributed by atoms with Gasteiger partial charge in [-0.2, -0.15) is 0 Å². The van der Waals surface area contributed by atoms with Crippen LogP contribution in [0.5, 0.6) is 23.0 Å². The van der Waals surface area contributed by atoms with E-state index in [1.54, 1.807) is 0 Å². The summed E-state index contributed by atoms with van der Waals surface area (Å²) in [5, 5.41) is 9.52. The van der Waals surface area contributed by atoms with Crippen LogP contribution in [-0.2, 0) is 0 Å². The second-order valence-corrected chi connectivity index (χ2v) is 5.41. The zero-order chi connectivity index (χ0) is 17.6. The highest BCUT2D eigenvalue weighted by molar-refractivity contribution is 5.94. The van der Waals surface area contributed by atoms with Crippen LogP contribution in [0.4, 0.5) is 0 Å². The summed E-state index contributed by atoms with van der Waals surface area (Å²) in [5.41, 5.74) is -0.0127. The van der Waals surface area contributed by atoms with E-state index in [4.69, 9.17) is 18.9 Å². The van der Waals surface area contributed by atoms with Crippen molar-refractivity contribution >= 4 is 5.97 Å². The van der Waals surface area contributed by atoms with Crippen LogP contribution in [-0.4, -0.2) is 36.5 Å². The average molecular weight is 326 g/mol. The number of carbonyl (C=O) groups is 1. The fraction of sp³-hybridized carbons (Fsp3) is 0.588. The summed E-state index contributed by atoms with van der Waals surface area (Å²) in [6.45, 7) is 11.7. The highest BCUT2D eigenvalue weighted by Gasteiger charge is 2.27. The highest BCUT2D eigenvalue weighted by Crippen LogP contribution is 2.48. The van der Waals surface area contributed by atoms with E-state index < -0.39 is 5.97 Å².